The van der Waals surface area contributed by atoms with Crippen molar-refractivity contribution in [2.24, 2.45) is 0 Å². The van der Waals surface area contributed by atoms with Crippen LogP contribution in [0.15, 0.2) is 60.8 Å². The summed E-state index contributed by atoms with van der Waals surface area (Å²) in [5.74, 6) is -0.225. The van der Waals surface area contributed by atoms with Crippen molar-refractivity contribution in [1.29, 1.82) is 5.26 Å². The Morgan fingerprint density at radius 1 is 0.973 bits per heavy atom. The highest BCUT2D eigenvalue weighted by atomic mass is 32.1. The van der Waals surface area contributed by atoms with E-state index in [-0.39, 0.29) is 11.6 Å². The zero-order valence-electron chi connectivity index (χ0n) is 23.6. The van der Waals surface area contributed by atoms with Gasteiger partial charge in [0.05, 0.1) is 21.6 Å². The first kappa shape index (κ1) is 35.9. The van der Waals surface area contributed by atoms with Gasteiger partial charge in [0.25, 0.3) is 0 Å². The van der Waals surface area contributed by atoms with Gasteiger partial charge < -0.3 is 20.7 Å². The Hall–Kier alpha value is -3.28. The van der Waals surface area contributed by atoms with E-state index in [0.29, 0.717) is 5.56 Å². The number of nitriles is 1. The number of ether oxygens (including phenoxy) is 1. The average molecular weight is 543 g/mol. The molecule has 2 aromatic rings. The Labute approximate surface area is 234 Å². The number of thiocarbonyl (C=S) groups is 2. The van der Waals surface area contributed by atoms with Crippen molar-refractivity contribution >= 4 is 51.8 Å². The van der Waals surface area contributed by atoms with Crippen molar-refractivity contribution in [2.45, 2.75) is 67.9 Å². The number of esters is 1. The van der Waals surface area contributed by atoms with Gasteiger partial charge in [-0.2, -0.15) is 5.26 Å². The molecule has 37 heavy (non-hydrogen) atoms. The van der Waals surface area contributed by atoms with E-state index in [1.807, 2.05) is 90.9 Å². The minimum Gasteiger partial charge on any atom is -0.460 e. The summed E-state index contributed by atoms with van der Waals surface area (Å²) in [7, 11) is 0. The van der Waals surface area contributed by atoms with E-state index in [4.69, 9.17) is 34.4 Å². The van der Waals surface area contributed by atoms with Crippen molar-refractivity contribution < 1.29 is 9.53 Å². The van der Waals surface area contributed by atoms with Crippen molar-refractivity contribution in [3.8, 4) is 6.07 Å². The fraction of sp³-hybridized carbons (Fsp3) is 0.379. The smallest absolute Gasteiger partial charge is 0.303 e. The lowest BCUT2D eigenvalue weighted by molar-refractivity contribution is -0.151. The van der Waals surface area contributed by atoms with E-state index in [9.17, 15) is 4.79 Å². The minimum atomic E-state index is -0.328. The molecule has 0 saturated carbocycles. The minimum absolute atomic E-state index is 0.225. The van der Waals surface area contributed by atoms with E-state index in [2.05, 4.69) is 35.5 Å². The van der Waals surface area contributed by atoms with Gasteiger partial charge in [0.2, 0.25) is 0 Å². The monoisotopic (exact) mass is 542 g/mol. The molecule has 0 amide bonds. The molecule has 0 aliphatic rings. The average Bonchev–Trinajstić information content (AvgIpc) is 2.73. The van der Waals surface area contributed by atoms with Crippen molar-refractivity contribution in [3.05, 3.63) is 71.9 Å². The summed E-state index contributed by atoms with van der Waals surface area (Å²) >= 11 is 9.77. The number of carbonyl (C=O) groups excluding carboxylic acids is 1. The van der Waals surface area contributed by atoms with Gasteiger partial charge in [-0.1, -0.05) is 49.2 Å². The summed E-state index contributed by atoms with van der Waals surface area (Å²) in [6, 6.07) is 17.5. The van der Waals surface area contributed by atoms with E-state index < -0.39 is 0 Å². The number of aryl methyl sites for hydroxylation is 1. The van der Waals surface area contributed by atoms with E-state index in [1.165, 1.54) is 6.92 Å². The molecule has 0 radical (unpaired) electrons. The lowest BCUT2D eigenvalue weighted by atomic mass is 10.1. The summed E-state index contributed by atoms with van der Waals surface area (Å²) in [4.78, 5) is 11.8. The predicted octanol–water partition coefficient (Wildman–Crippen LogP) is 7.55. The Bertz CT molecular complexity index is 1040. The molecular weight excluding hydrogens is 500 g/mol. The number of para-hydroxylation sites is 1. The van der Waals surface area contributed by atoms with E-state index >= 15 is 0 Å². The maximum absolute atomic E-state index is 10.2. The van der Waals surface area contributed by atoms with Gasteiger partial charge in [0.15, 0.2) is 0 Å². The van der Waals surface area contributed by atoms with Gasteiger partial charge in [-0.25, -0.2) is 0 Å². The van der Waals surface area contributed by atoms with Crippen LogP contribution in [0.25, 0.3) is 0 Å². The van der Waals surface area contributed by atoms with Crippen LogP contribution in [0.5, 0.6) is 0 Å². The Balaban J connectivity index is 0. The first-order chi connectivity index (χ1) is 17.1. The van der Waals surface area contributed by atoms with Gasteiger partial charge in [0.1, 0.15) is 5.60 Å². The number of carbonyl (C=O) groups is 1. The summed E-state index contributed by atoms with van der Waals surface area (Å²) in [6.07, 6.45) is 0. The molecule has 8 heteroatoms. The number of hydrogen-bond donors (Lipinski definition) is 3. The maximum atomic E-state index is 10.2. The van der Waals surface area contributed by atoms with Crippen LogP contribution in [0.1, 0.15) is 66.5 Å². The van der Waals surface area contributed by atoms with Gasteiger partial charge >= 0.3 is 5.97 Å². The Kier molecular flexibility index (Phi) is 19.3. The molecule has 202 valence electrons. The molecule has 6 nitrogen and oxygen atoms in total. The zero-order chi connectivity index (χ0) is 29.0. The Morgan fingerprint density at radius 3 is 1.78 bits per heavy atom. The van der Waals surface area contributed by atoms with Crippen LogP contribution in [0.3, 0.4) is 0 Å². The fourth-order valence-corrected chi connectivity index (χ4v) is 2.76. The molecule has 0 spiro atoms. The highest BCUT2D eigenvalue weighted by Gasteiger charge is 2.11. The SMILES string of the molecule is C=C(C)NCC.CC(=O)OC(C)(C)C.CC(=S)Nc1ccc(C#N)c(C)c1.CC(=S)Nc1ccccc1. The lowest BCUT2D eigenvalue weighted by Gasteiger charge is -2.17. The maximum Gasteiger partial charge on any atom is 0.303 e. The van der Waals surface area contributed by atoms with Crippen LogP contribution < -0.4 is 16.0 Å². The third-order valence-corrected chi connectivity index (χ3v) is 3.89. The largest absolute Gasteiger partial charge is 0.460 e. The molecule has 0 fully saturated rings. The van der Waals surface area contributed by atoms with Crippen molar-refractivity contribution in [1.82, 2.24) is 5.32 Å². The fourth-order valence-electron chi connectivity index (χ4n) is 2.53. The molecule has 0 saturated heterocycles. The number of nitrogens with zero attached hydrogens (tertiary/aromatic N) is 1. The zero-order valence-corrected chi connectivity index (χ0v) is 25.2. The second-order valence-electron chi connectivity index (χ2n) is 8.89. The van der Waals surface area contributed by atoms with Crippen LogP contribution in [-0.4, -0.2) is 28.1 Å². The van der Waals surface area contributed by atoms with Gasteiger partial charge in [-0.3, -0.25) is 4.79 Å². The number of benzene rings is 2. The molecule has 0 atom stereocenters. The van der Waals surface area contributed by atoms with Crippen molar-refractivity contribution in [3.63, 3.8) is 0 Å². The second-order valence-corrected chi connectivity index (χ2v) is 10.1. The molecule has 0 unspecified atom stereocenters. The van der Waals surface area contributed by atoms with Gasteiger partial charge in [0, 0.05) is 30.5 Å². The van der Waals surface area contributed by atoms with Crippen LogP contribution in [0.2, 0.25) is 0 Å². The van der Waals surface area contributed by atoms with E-state index in [0.717, 1.165) is 39.2 Å². The van der Waals surface area contributed by atoms with Crippen molar-refractivity contribution in [2.75, 3.05) is 17.2 Å². The van der Waals surface area contributed by atoms with Crippen LogP contribution >= 0.6 is 24.4 Å². The van der Waals surface area contributed by atoms with E-state index in [1.54, 1.807) is 6.07 Å². The summed E-state index contributed by atoms with van der Waals surface area (Å²) in [5.41, 5.74) is 4.36. The normalized spacial score (nSPS) is 9.19. The molecule has 0 heterocycles. The molecule has 0 aliphatic carbocycles. The highest BCUT2D eigenvalue weighted by molar-refractivity contribution is 7.80. The summed E-state index contributed by atoms with van der Waals surface area (Å²) < 4.78 is 4.80. The predicted molar refractivity (Wildman–Crippen MR) is 166 cm³/mol. The first-order valence-corrected chi connectivity index (χ1v) is 12.6. The molecule has 3 N–H and O–H groups in total. The third-order valence-electron chi connectivity index (χ3n) is 3.69. The first-order valence-electron chi connectivity index (χ1n) is 11.8. The molecule has 0 aliphatic heterocycles. The second kappa shape index (κ2) is 19.9. The van der Waals surface area contributed by atoms with Gasteiger partial charge in [-0.15, -0.1) is 0 Å². The molecule has 2 aromatic carbocycles. The summed E-state index contributed by atoms with van der Waals surface area (Å²) in [6.45, 7) is 21.1. The van der Waals surface area contributed by atoms with Crippen LogP contribution in [-0.2, 0) is 9.53 Å². The molecule has 0 aromatic heterocycles. The molecule has 0 bridgehead atoms. The third kappa shape index (κ3) is 24.2. The number of hydrogen-bond acceptors (Lipinski definition) is 6. The lowest BCUT2D eigenvalue weighted by Crippen LogP contribution is -2.21. The number of anilines is 2. The summed E-state index contributed by atoms with van der Waals surface area (Å²) in [5, 5.41) is 17.8. The van der Waals surface area contributed by atoms with Gasteiger partial charge in [-0.05, 0) is 91.3 Å². The molecular formula is C29H42N4O2S2. The number of allylic oxidation sites excluding steroid dienone is 1. The standard InChI is InChI=1S/C10H10N2S.C8H9NS.C6H12O2.C5H11N/c1-7-5-10(12-8(2)13)4-3-9(7)6-11;1-7(10)9-8-5-3-2-4-6-8;1-5(7)8-6(2,3)4;1-4-6-5(2)3/h3-5H,1-2H3,(H,12,13);2-6H,1H3,(H,9,10);1-4H3;6H,2,4H2,1,3H3. The number of nitrogens with one attached hydrogen (secondary N) is 3. The Morgan fingerprint density at radius 2 is 1.49 bits per heavy atom. The topological polar surface area (TPSA) is 86.2 Å². The molecule has 2 rings (SSSR count). The van der Waals surface area contributed by atoms with Crippen LogP contribution in [0.4, 0.5) is 11.4 Å². The quantitative estimate of drug-likeness (QED) is 0.270. The van der Waals surface area contributed by atoms with Crippen LogP contribution in [0, 0.1) is 18.3 Å². The number of rotatable bonds is 4. The highest BCUT2D eigenvalue weighted by Crippen LogP contribution is 2.14.